The maximum atomic E-state index is 13.3. The molecule has 0 spiro atoms. The van der Waals surface area contributed by atoms with Crippen molar-refractivity contribution in [1.29, 1.82) is 5.26 Å². The number of halogens is 1. The minimum Gasteiger partial charge on any atom is -0.490 e. The van der Waals surface area contributed by atoms with Gasteiger partial charge in [-0.1, -0.05) is 11.6 Å². The van der Waals surface area contributed by atoms with E-state index in [0.29, 0.717) is 46.3 Å². The Balaban J connectivity index is 0.742. The van der Waals surface area contributed by atoms with E-state index in [0.717, 1.165) is 101 Å². The van der Waals surface area contributed by atoms with E-state index < -0.39 is 11.9 Å². The van der Waals surface area contributed by atoms with Crippen molar-refractivity contribution in [2.75, 3.05) is 55.6 Å². The number of hydrogen-bond acceptors (Lipinski definition) is 10. The molecule has 4 fully saturated rings. The number of rotatable bonds is 9. The van der Waals surface area contributed by atoms with Gasteiger partial charge in [-0.25, -0.2) is 5.43 Å². The van der Waals surface area contributed by atoms with E-state index in [1.165, 1.54) is 5.01 Å². The summed E-state index contributed by atoms with van der Waals surface area (Å²) >= 11 is 6.16. The molecule has 298 valence electrons. The molecule has 1 atom stereocenters. The predicted octanol–water partition coefficient (Wildman–Crippen LogP) is 4.64. The highest BCUT2D eigenvalue weighted by atomic mass is 35.5. The molecule has 0 radical (unpaired) electrons. The molecule has 4 heterocycles. The van der Waals surface area contributed by atoms with Gasteiger partial charge in [0.25, 0.3) is 17.7 Å². The molecule has 3 aromatic carbocycles. The van der Waals surface area contributed by atoms with E-state index in [2.05, 4.69) is 55.0 Å². The zero-order valence-electron chi connectivity index (χ0n) is 32.1. The Morgan fingerprint density at radius 2 is 1.56 bits per heavy atom. The molecule has 1 saturated carbocycles. The van der Waals surface area contributed by atoms with Crippen molar-refractivity contribution >= 4 is 46.6 Å². The van der Waals surface area contributed by atoms with Crippen LogP contribution in [0.25, 0.3) is 0 Å². The number of nitrogens with one attached hydrogen (secondary N) is 3. The van der Waals surface area contributed by atoms with E-state index in [4.69, 9.17) is 21.6 Å². The first-order valence-corrected chi connectivity index (χ1v) is 20.6. The smallest absolute Gasteiger partial charge is 0.269 e. The fourth-order valence-corrected chi connectivity index (χ4v) is 9.09. The summed E-state index contributed by atoms with van der Waals surface area (Å²) in [6, 6.07) is 20.6. The van der Waals surface area contributed by atoms with Gasteiger partial charge in [0.2, 0.25) is 5.91 Å². The maximum Gasteiger partial charge on any atom is 0.269 e. The molecule has 3 N–H and O–H groups in total. The highest BCUT2D eigenvalue weighted by Crippen LogP contribution is 2.30. The van der Waals surface area contributed by atoms with Gasteiger partial charge >= 0.3 is 0 Å². The molecule has 0 aromatic heterocycles. The summed E-state index contributed by atoms with van der Waals surface area (Å²) < 4.78 is 6.10. The molecule has 5 aliphatic rings. The van der Waals surface area contributed by atoms with Crippen LogP contribution in [0.5, 0.6) is 5.75 Å². The molecular weight excluding hydrogens is 744 g/mol. The first kappa shape index (κ1) is 38.7. The summed E-state index contributed by atoms with van der Waals surface area (Å²) in [5.74, 6) is 0.300. The number of anilines is 2. The lowest BCUT2D eigenvalue weighted by Gasteiger charge is -2.40. The van der Waals surface area contributed by atoms with E-state index in [9.17, 15) is 19.2 Å². The van der Waals surface area contributed by atoms with Crippen molar-refractivity contribution in [2.45, 2.75) is 76.1 Å². The van der Waals surface area contributed by atoms with Crippen LogP contribution in [-0.2, 0) is 16.1 Å². The lowest BCUT2D eigenvalue weighted by molar-refractivity contribution is -0.137. The van der Waals surface area contributed by atoms with Gasteiger partial charge in [0.1, 0.15) is 17.9 Å². The molecule has 3 saturated heterocycles. The van der Waals surface area contributed by atoms with Gasteiger partial charge in [0.05, 0.1) is 16.7 Å². The van der Waals surface area contributed by atoms with Crippen LogP contribution in [0, 0.1) is 17.2 Å². The summed E-state index contributed by atoms with van der Waals surface area (Å²) in [5.41, 5.74) is 8.01. The second-order valence-corrected chi connectivity index (χ2v) is 16.3. The van der Waals surface area contributed by atoms with Crippen molar-refractivity contribution in [1.82, 2.24) is 26.0 Å². The molecule has 13 nitrogen and oxygen atoms in total. The fourth-order valence-electron chi connectivity index (χ4n) is 8.88. The van der Waals surface area contributed by atoms with Crippen LogP contribution in [-0.4, -0.2) is 97.5 Å². The van der Waals surface area contributed by atoms with Crippen LogP contribution in [0.3, 0.4) is 0 Å². The highest BCUT2D eigenvalue weighted by molar-refractivity contribution is 6.31. The van der Waals surface area contributed by atoms with E-state index in [-0.39, 0.29) is 36.3 Å². The zero-order valence-corrected chi connectivity index (χ0v) is 32.8. The average molecular weight is 793 g/mol. The van der Waals surface area contributed by atoms with Gasteiger partial charge in [0, 0.05) is 93.4 Å². The van der Waals surface area contributed by atoms with Crippen molar-refractivity contribution in [2.24, 2.45) is 5.92 Å². The molecule has 0 bridgehead atoms. The Morgan fingerprint density at radius 3 is 2.26 bits per heavy atom. The molecule has 8 rings (SSSR count). The van der Waals surface area contributed by atoms with Gasteiger partial charge < -0.3 is 19.9 Å². The third-order valence-corrected chi connectivity index (χ3v) is 12.5. The largest absolute Gasteiger partial charge is 0.490 e. The summed E-state index contributed by atoms with van der Waals surface area (Å²) in [6.45, 7) is 7.37. The Morgan fingerprint density at radius 1 is 0.842 bits per heavy atom. The van der Waals surface area contributed by atoms with E-state index in [1.54, 1.807) is 18.2 Å². The number of carbonyl (C=O) groups is 4. The lowest BCUT2D eigenvalue weighted by atomic mass is 9.92. The van der Waals surface area contributed by atoms with Gasteiger partial charge in [0.15, 0.2) is 0 Å². The van der Waals surface area contributed by atoms with Crippen molar-refractivity contribution in [3.63, 3.8) is 0 Å². The SMILES string of the molecule is N#Cc1ccc(O[C@H]2CC[C@H](NC(=O)c3ccc(N4CCC(CN5CCN(c6ccc7c(c6)CNN(C6CCC(=O)NC6=O)C7=O)CC5)CC4)cc3)CC2)cc1Cl. The molecule has 3 aromatic rings. The lowest BCUT2D eigenvalue weighted by Crippen LogP contribution is -2.60. The zero-order chi connectivity index (χ0) is 39.5. The first-order chi connectivity index (χ1) is 27.7. The number of piperidine rings is 2. The number of imide groups is 1. The minimum absolute atomic E-state index is 0.0410. The number of carbonyl (C=O) groups excluding carboxylic acids is 4. The van der Waals surface area contributed by atoms with E-state index >= 15 is 0 Å². The van der Waals surface area contributed by atoms with Crippen molar-refractivity contribution in [3.05, 3.63) is 87.9 Å². The highest BCUT2D eigenvalue weighted by Gasteiger charge is 2.38. The molecule has 14 heteroatoms. The predicted molar refractivity (Wildman–Crippen MR) is 216 cm³/mol. The Bertz CT molecular complexity index is 2030. The summed E-state index contributed by atoms with van der Waals surface area (Å²) in [7, 11) is 0. The first-order valence-electron chi connectivity index (χ1n) is 20.2. The summed E-state index contributed by atoms with van der Waals surface area (Å²) in [5, 5.41) is 16.4. The van der Waals surface area contributed by atoms with Crippen LogP contribution in [0.2, 0.25) is 5.02 Å². The van der Waals surface area contributed by atoms with Crippen molar-refractivity contribution < 1.29 is 23.9 Å². The normalized spacial score (nSPS) is 23.4. The number of fused-ring (bicyclic) bond motifs is 1. The summed E-state index contributed by atoms with van der Waals surface area (Å²) in [4.78, 5) is 57.7. The monoisotopic (exact) mass is 792 g/mol. The van der Waals surface area contributed by atoms with Crippen LogP contribution in [0.4, 0.5) is 11.4 Å². The second kappa shape index (κ2) is 17.1. The number of nitriles is 1. The molecule has 57 heavy (non-hydrogen) atoms. The number of amides is 4. The van der Waals surface area contributed by atoms with Crippen LogP contribution < -0.4 is 30.6 Å². The fraction of sp³-hybridized carbons (Fsp3) is 0.465. The van der Waals surface area contributed by atoms with Gasteiger partial charge in [-0.05, 0) is 111 Å². The average Bonchev–Trinajstić information content (AvgIpc) is 3.23. The number of hydrazine groups is 1. The molecule has 1 unspecified atom stereocenters. The Kier molecular flexibility index (Phi) is 11.6. The molecule has 4 aliphatic heterocycles. The van der Waals surface area contributed by atoms with Crippen LogP contribution in [0.1, 0.15) is 83.2 Å². The third kappa shape index (κ3) is 8.88. The van der Waals surface area contributed by atoms with Crippen molar-refractivity contribution in [3.8, 4) is 11.8 Å². The standard InChI is InChI=1S/C43H49ClN8O5/c44-38-24-36(9-3-30(38)25-45)57-35-10-4-32(5-11-35)47-41(54)29-1-6-33(7-2-29)50-17-15-28(16-18-50)27-49-19-21-51(22-20-49)34-8-12-37-31(23-34)26-46-52(43(37)56)39-13-14-40(53)48-42(39)55/h1-3,6-9,12,23-24,28,32,35,39,46H,4-5,10-11,13-22,26-27H2,(H,47,54)(H,48,53,55)/t32-,35-,39?. The maximum absolute atomic E-state index is 13.3. The second-order valence-electron chi connectivity index (χ2n) is 15.9. The number of benzene rings is 3. The Labute approximate surface area is 338 Å². The van der Waals surface area contributed by atoms with Gasteiger partial charge in [-0.3, -0.25) is 34.4 Å². The van der Waals surface area contributed by atoms with Crippen LogP contribution in [0.15, 0.2) is 60.7 Å². The van der Waals surface area contributed by atoms with Gasteiger partial charge in [-0.15, -0.1) is 0 Å². The number of nitrogens with zero attached hydrogens (tertiary/aromatic N) is 5. The quantitative estimate of drug-likeness (QED) is 0.262. The minimum atomic E-state index is -0.690. The molecular formula is C43H49ClN8O5. The Hall–Kier alpha value is -5.16. The molecule has 1 aliphatic carbocycles. The topological polar surface area (TPSA) is 150 Å². The third-order valence-electron chi connectivity index (χ3n) is 12.2. The number of hydrogen-bond donors (Lipinski definition) is 3. The molecule has 4 amide bonds. The summed E-state index contributed by atoms with van der Waals surface area (Å²) in [6.07, 6.45) is 6.22. The van der Waals surface area contributed by atoms with Gasteiger partial charge in [-0.2, -0.15) is 5.26 Å². The van der Waals surface area contributed by atoms with E-state index in [1.807, 2.05) is 24.3 Å². The number of piperazine rings is 1. The van der Waals surface area contributed by atoms with Crippen LogP contribution >= 0.6 is 11.6 Å². The number of ether oxygens (including phenoxy) is 1.